The molecule has 8 heteroatoms. The van der Waals surface area contributed by atoms with Crippen molar-refractivity contribution in [1.82, 2.24) is 14.8 Å². The molecule has 0 unspecified atom stereocenters. The molecular weight excluding hydrogens is 346 g/mol. The molecule has 0 atom stereocenters. The van der Waals surface area contributed by atoms with E-state index in [9.17, 15) is 9.59 Å². The summed E-state index contributed by atoms with van der Waals surface area (Å²) in [6, 6.07) is 10.7. The number of rotatable bonds is 3. The van der Waals surface area contributed by atoms with Crippen molar-refractivity contribution in [2.45, 2.75) is 6.92 Å². The summed E-state index contributed by atoms with van der Waals surface area (Å²) in [4.78, 5) is 30.2. The van der Waals surface area contributed by atoms with Crippen LogP contribution in [0, 0.1) is 6.92 Å². The Kier molecular flexibility index (Phi) is 4.08. The molecule has 4 rings (SSSR count). The molecule has 1 aliphatic heterocycles. The van der Waals surface area contributed by atoms with Gasteiger partial charge in [-0.05, 0) is 37.3 Å². The first-order chi connectivity index (χ1) is 13.0. The fraction of sp³-hybridized carbons (Fsp3) is 0.158. The summed E-state index contributed by atoms with van der Waals surface area (Å²) in [6.07, 6.45) is 3.18. The van der Waals surface area contributed by atoms with E-state index in [4.69, 9.17) is 4.74 Å². The molecule has 1 aliphatic rings. The lowest BCUT2D eigenvalue weighted by Crippen LogP contribution is -2.35. The van der Waals surface area contributed by atoms with E-state index in [1.807, 2.05) is 25.1 Å². The Balaban J connectivity index is 1.59. The van der Waals surface area contributed by atoms with E-state index in [1.165, 1.54) is 11.1 Å². The molecule has 0 fully saturated rings. The van der Waals surface area contributed by atoms with Crippen LogP contribution in [-0.2, 0) is 4.79 Å². The standard InChI is InChI=1S/C19H17N5O3/c1-12-14(10-21-24(12)17-5-3-4-8-20-17)19(26)22-13-6-7-16-15(9-13)23(2)18(25)11-27-16/h3-10H,11H2,1-2H3,(H,22,26). The Hall–Kier alpha value is -3.68. The van der Waals surface area contributed by atoms with E-state index < -0.39 is 0 Å². The number of likely N-dealkylation sites (N-methyl/N-ethyl adjacent to an activating group) is 1. The molecule has 0 bridgehead atoms. The zero-order valence-electron chi connectivity index (χ0n) is 14.8. The number of ether oxygens (including phenoxy) is 1. The second kappa shape index (κ2) is 6.56. The molecule has 3 aromatic rings. The van der Waals surface area contributed by atoms with E-state index in [1.54, 1.807) is 36.1 Å². The molecule has 1 N–H and O–H groups in total. The van der Waals surface area contributed by atoms with Crippen molar-refractivity contribution in [2.75, 3.05) is 23.9 Å². The Labute approximate surface area is 155 Å². The molecule has 0 radical (unpaired) electrons. The number of amides is 2. The number of nitrogens with one attached hydrogen (secondary N) is 1. The summed E-state index contributed by atoms with van der Waals surface area (Å²) in [5, 5.41) is 7.10. The third-order valence-electron chi connectivity index (χ3n) is 4.42. The largest absolute Gasteiger partial charge is 0.482 e. The van der Waals surface area contributed by atoms with Gasteiger partial charge in [-0.1, -0.05) is 6.07 Å². The molecule has 2 amide bonds. The monoisotopic (exact) mass is 363 g/mol. The van der Waals surface area contributed by atoms with Gasteiger partial charge >= 0.3 is 0 Å². The Morgan fingerprint density at radius 3 is 2.89 bits per heavy atom. The highest BCUT2D eigenvalue weighted by molar-refractivity contribution is 6.06. The lowest BCUT2D eigenvalue weighted by molar-refractivity contribution is -0.120. The SMILES string of the molecule is Cc1c(C(=O)Nc2ccc3c(c2)N(C)C(=O)CO3)cnn1-c1ccccn1. The van der Waals surface area contributed by atoms with Gasteiger partial charge in [0.05, 0.1) is 23.1 Å². The van der Waals surface area contributed by atoms with Crippen LogP contribution in [0.3, 0.4) is 0 Å². The number of carbonyl (C=O) groups excluding carboxylic acids is 2. The van der Waals surface area contributed by atoms with Gasteiger partial charge in [0.25, 0.3) is 11.8 Å². The van der Waals surface area contributed by atoms with Gasteiger partial charge in [-0.25, -0.2) is 9.67 Å². The minimum atomic E-state index is -0.291. The minimum absolute atomic E-state index is 0.0150. The van der Waals surface area contributed by atoms with Crippen LogP contribution in [0.4, 0.5) is 11.4 Å². The van der Waals surface area contributed by atoms with Crippen molar-refractivity contribution in [3.8, 4) is 11.6 Å². The second-order valence-corrected chi connectivity index (χ2v) is 6.12. The maximum Gasteiger partial charge on any atom is 0.264 e. The summed E-state index contributed by atoms with van der Waals surface area (Å²) in [5.41, 5.74) is 2.30. The predicted molar refractivity (Wildman–Crippen MR) is 99.4 cm³/mol. The molecule has 3 heterocycles. The third kappa shape index (κ3) is 3.01. The highest BCUT2D eigenvalue weighted by atomic mass is 16.5. The number of pyridine rings is 1. The van der Waals surface area contributed by atoms with Crippen LogP contribution < -0.4 is 15.0 Å². The average Bonchev–Trinajstić information content (AvgIpc) is 3.07. The normalized spacial score (nSPS) is 13.1. The van der Waals surface area contributed by atoms with Crippen LogP contribution in [0.5, 0.6) is 5.75 Å². The van der Waals surface area contributed by atoms with Gasteiger partial charge in [-0.15, -0.1) is 0 Å². The van der Waals surface area contributed by atoms with Gasteiger partial charge in [0.1, 0.15) is 5.75 Å². The van der Waals surface area contributed by atoms with Gasteiger partial charge in [-0.2, -0.15) is 5.10 Å². The summed E-state index contributed by atoms with van der Waals surface area (Å²) in [6.45, 7) is 1.82. The molecular formula is C19H17N5O3. The lowest BCUT2D eigenvalue weighted by atomic mass is 10.2. The zero-order chi connectivity index (χ0) is 19.0. The Bertz CT molecular complexity index is 1030. The van der Waals surface area contributed by atoms with Gasteiger partial charge in [0.2, 0.25) is 0 Å². The Morgan fingerprint density at radius 1 is 1.26 bits per heavy atom. The number of nitrogens with zero attached hydrogens (tertiary/aromatic N) is 4. The first kappa shape index (κ1) is 16.8. The van der Waals surface area contributed by atoms with Crippen molar-refractivity contribution in [3.63, 3.8) is 0 Å². The summed E-state index contributed by atoms with van der Waals surface area (Å²) in [7, 11) is 1.68. The second-order valence-electron chi connectivity index (χ2n) is 6.12. The minimum Gasteiger partial charge on any atom is -0.482 e. The number of hydrogen-bond donors (Lipinski definition) is 1. The van der Waals surface area contributed by atoms with E-state index in [0.29, 0.717) is 34.2 Å². The molecule has 8 nitrogen and oxygen atoms in total. The topological polar surface area (TPSA) is 89.4 Å². The van der Waals surface area contributed by atoms with Crippen LogP contribution in [-0.4, -0.2) is 40.2 Å². The van der Waals surface area contributed by atoms with Crippen molar-refractivity contribution in [3.05, 3.63) is 60.0 Å². The fourth-order valence-electron chi connectivity index (χ4n) is 2.89. The third-order valence-corrected chi connectivity index (χ3v) is 4.42. The molecule has 136 valence electrons. The van der Waals surface area contributed by atoms with E-state index in [2.05, 4.69) is 15.4 Å². The van der Waals surface area contributed by atoms with Crippen LogP contribution >= 0.6 is 0 Å². The lowest BCUT2D eigenvalue weighted by Gasteiger charge is -2.26. The smallest absolute Gasteiger partial charge is 0.264 e. The first-order valence-electron chi connectivity index (χ1n) is 8.35. The maximum atomic E-state index is 12.7. The summed E-state index contributed by atoms with van der Waals surface area (Å²) in [5.74, 6) is 0.813. The van der Waals surface area contributed by atoms with Crippen LogP contribution in [0.15, 0.2) is 48.8 Å². The zero-order valence-corrected chi connectivity index (χ0v) is 14.8. The summed E-state index contributed by atoms with van der Waals surface area (Å²) >= 11 is 0. The van der Waals surface area contributed by atoms with Gasteiger partial charge in [-0.3, -0.25) is 9.59 Å². The van der Waals surface area contributed by atoms with E-state index in [0.717, 1.165) is 0 Å². The van der Waals surface area contributed by atoms with Gasteiger partial charge in [0.15, 0.2) is 12.4 Å². The number of aromatic nitrogens is 3. The quantitative estimate of drug-likeness (QED) is 0.770. The Morgan fingerprint density at radius 2 is 2.11 bits per heavy atom. The van der Waals surface area contributed by atoms with Crippen molar-refractivity contribution in [1.29, 1.82) is 0 Å². The first-order valence-corrected chi connectivity index (χ1v) is 8.35. The summed E-state index contributed by atoms with van der Waals surface area (Å²) < 4.78 is 7.01. The van der Waals surface area contributed by atoms with Gasteiger partial charge in [0, 0.05) is 18.9 Å². The number of benzene rings is 1. The number of fused-ring (bicyclic) bond motifs is 1. The number of hydrogen-bond acceptors (Lipinski definition) is 5. The fourth-order valence-corrected chi connectivity index (χ4v) is 2.89. The van der Waals surface area contributed by atoms with E-state index >= 15 is 0 Å². The van der Waals surface area contributed by atoms with Crippen LogP contribution in [0.1, 0.15) is 16.1 Å². The molecule has 27 heavy (non-hydrogen) atoms. The molecule has 2 aromatic heterocycles. The van der Waals surface area contributed by atoms with Gasteiger partial charge < -0.3 is 15.0 Å². The van der Waals surface area contributed by atoms with Crippen molar-refractivity contribution < 1.29 is 14.3 Å². The predicted octanol–water partition coefficient (Wildman–Crippen LogP) is 2.18. The van der Waals surface area contributed by atoms with E-state index in [-0.39, 0.29) is 18.4 Å². The molecule has 0 spiro atoms. The van der Waals surface area contributed by atoms with Crippen LogP contribution in [0.2, 0.25) is 0 Å². The highest BCUT2D eigenvalue weighted by Crippen LogP contribution is 2.33. The molecule has 0 saturated heterocycles. The molecule has 1 aromatic carbocycles. The molecule has 0 saturated carbocycles. The van der Waals surface area contributed by atoms with Crippen molar-refractivity contribution in [2.24, 2.45) is 0 Å². The van der Waals surface area contributed by atoms with Crippen molar-refractivity contribution >= 4 is 23.2 Å². The maximum absolute atomic E-state index is 12.7. The molecule has 0 aliphatic carbocycles. The highest BCUT2D eigenvalue weighted by Gasteiger charge is 2.23. The number of carbonyl (C=O) groups is 2. The number of anilines is 2. The average molecular weight is 363 g/mol. The van der Waals surface area contributed by atoms with Crippen LogP contribution in [0.25, 0.3) is 5.82 Å².